The van der Waals surface area contributed by atoms with E-state index in [1.54, 1.807) is 0 Å². The third-order valence-corrected chi connectivity index (χ3v) is 1.90. The molecule has 0 saturated heterocycles. The highest BCUT2D eigenvalue weighted by Gasteiger charge is 2.03. The average molecular weight is 198 g/mol. The first kappa shape index (κ1) is 8.00. The molecule has 0 radical (unpaired) electrons. The van der Waals surface area contributed by atoms with Gasteiger partial charge in [-0.15, -0.1) is 0 Å². The quantitative estimate of drug-likeness (QED) is 0.636. The first-order valence-electron chi connectivity index (χ1n) is 3.44. The molecule has 13 heavy (non-hydrogen) atoms. The van der Waals surface area contributed by atoms with Crippen molar-refractivity contribution in [2.45, 2.75) is 0 Å². The monoisotopic (exact) mass is 197 g/mol. The highest BCUT2D eigenvalue weighted by atomic mass is 35.5. The fourth-order valence-corrected chi connectivity index (χ4v) is 1.25. The molecule has 0 unspecified atom stereocenters. The summed E-state index contributed by atoms with van der Waals surface area (Å²) < 4.78 is 0. The number of aromatic amines is 2. The van der Waals surface area contributed by atoms with E-state index in [2.05, 4.69) is 15.0 Å². The van der Waals surface area contributed by atoms with Crippen LogP contribution in [0.15, 0.2) is 22.0 Å². The zero-order valence-electron chi connectivity index (χ0n) is 6.30. The number of aromatic nitrogens is 3. The molecule has 0 aliphatic heterocycles. The first-order chi connectivity index (χ1) is 6.18. The summed E-state index contributed by atoms with van der Waals surface area (Å²) in [5.41, 5.74) is -0.759. The summed E-state index contributed by atoms with van der Waals surface area (Å²) in [6, 6.07) is 0. The van der Waals surface area contributed by atoms with Crippen LogP contribution in [-0.2, 0) is 0 Å². The summed E-state index contributed by atoms with van der Waals surface area (Å²) >= 11 is 5.72. The lowest BCUT2D eigenvalue weighted by atomic mass is 10.3. The normalized spacial score (nSPS) is 10.5. The van der Waals surface area contributed by atoms with Gasteiger partial charge in [-0.2, -0.15) is 0 Å². The Hall–Kier alpha value is -1.62. The fourth-order valence-electron chi connectivity index (χ4n) is 1.05. The van der Waals surface area contributed by atoms with Crippen molar-refractivity contribution in [3.63, 3.8) is 0 Å². The van der Waals surface area contributed by atoms with Crippen LogP contribution in [0.25, 0.3) is 10.9 Å². The summed E-state index contributed by atoms with van der Waals surface area (Å²) in [5.74, 6) is 0. The number of nitrogens with zero attached hydrogens (tertiary/aromatic N) is 1. The Balaban J connectivity index is 3.12. The van der Waals surface area contributed by atoms with Crippen molar-refractivity contribution in [2.24, 2.45) is 0 Å². The Morgan fingerprint density at radius 2 is 2.00 bits per heavy atom. The number of fused-ring (bicyclic) bond motifs is 1. The van der Waals surface area contributed by atoms with Crippen LogP contribution in [0.1, 0.15) is 0 Å². The van der Waals surface area contributed by atoms with Crippen LogP contribution in [0, 0.1) is 0 Å². The van der Waals surface area contributed by atoms with Crippen LogP contribution in [-0.4, -0.2) is 15.0 Å². The second-order valence-electron chi connectivity index (χ2n) is 2.45. The van der Waals surface area contributed by atoms with E-state index in [9.17, 15) is 9.59 Å². The molecule has 0 aromatic carbocycles. The fraction of sp³-hybridized carbons (Fsp3) is 0. The van der Waals surface area contributed by atoms with Crippen LogP contribution in [0.3, 0.4) is 0 Å². The van der Waals surface area contributed by atoms with E-state index in [4.69, 9.17) is 11.6 Å². The molecular formula is C7H4ClN3O2. The molecule has 2 heterocycles. The molecule has 0 aliphatic carbocycles. The van der Waals surface area contributed by atoms with Crippen molar-refractivity contribution in [3.05, 3.63) is 38.3 Å². The Morgan fingerprint density at radius 1 is 1.23 bits per heavy atom. The summed E-state index contributed by atoms with van der Waals surface area (Å²) in [7, 11) is 0. The van der Waals surface area contributed by atoms with Gasteiger partial charge in [0.1, 0.15) is 0 Å². The molecule has 2 rings (SSSR count). The molecule has 2 aromatic rings. The van der Waals surface area contributed by atoms with Gasteiger partial charge in [0, 0.05) is 12.4 Å². The van der Waals surface area contributed by atoms with Crippen LogP contribution in [0.4, 0.5) is 0 Å². The molecular weight excluding hydrogens is 194 g/mol. The van der Waals surface area contributed by atoms with Crippen LogP contribution in [0.5, 0.6) is 0 Å². The Kier molecular flexibility index (Phi) is 1.66. The molecule has 0 amide bonds. The van der Waals surface area contributed by atoms with Gasteiger partial charge in [-0.3, -0.25) is 14.8 Å². The second-order valence-corrected chi connectivity index (χ2v) is 2.86. The number of pyridine rings is 1. The number of hydrogen-bond donors (Lipinski definition) is 2. The zero-order chi connectivity index (χ0) is 9.42. The largest absolute Gasteiger partial charge is 0.326 e. The number of hydrogen-bond acceptors (Lipinski definition) is 3. The van der Waals surface area contributed by atoms with E-state index in [0.29, 0.717) is 5.52 Å². The number of halogens is 1. The molecule has 6 heteroatoms. The van der Waals surface area contributed by atoms with Gasteiger partial charge in [0.15, 0.2) is 0 Å². The van der Waals surface area contributed by atoms with Crippen molar-refractivity contribution in [3.8, 4) is 0 Å². The maximum atomic E-state index is 11.2. The minimum atomic E-state index is -0.578. The van der Waals surface area contributed by atoms with Crippen LogP contribution >= 0.6 is 11.6 Å². The highest BCUT2D eigenvalue weighted by Crippen LogP contribution is 2.14. The van der Waals surface area contributed by atoms with E-state index in [0.717, 1.165) is 0 Å². The van der Waals surface area contributed by atoms with Gasteiger partial charge in [0.25, 0.3) is 5.56 Å². The smallest absolute Gasteiger partial charge is 0.305 e. The molecule has 2 aromatic heterocycles. The summed E-state index contributed by atoms with van der Waals surface area (Å²) in [4.78, 5) is 30.3. The molecule has 0 atom stereocenters. The lowest BCUT2D eigenvalue weighted by Gasteiger charge is -1.96. The molecule has 0 bridgehead atoms. The average Bonchev–Trinajstić information content (AvgIpc) is 2.07. The van der Waals surface area contributed by atoms with Crippen molar-refractivity contribution in [1.82, 2.24) is 15.0 Å². The van der Waals surface area contributed by atoms with Crippen molar-refractivity contribution in [1.29, 1.82) is 0 Å². The second kappa shape index (κ2) is 2.70. The van der Waals surface area contributed by atoms with Gasteiger partial charge >= 0.3 is 5.69 Å². The third-order valence-electron chi connectivity index (χ3n) is 1.61. The van der Waals surface area contributed by atoms with Crippen molar-refractivity contribution < 1.29 is 0 Å². The zero-order valence-corrected chi connectivity index (χ0v) is 7.05. The lowest BCUT2D eigenvalue weighted by molar-refractivity contribution is 1.08. The van der Waals surface area contributed by atoms with Crippen molar-refractivity contribution in [2.75, 3.05) is 0 Å². The van der Waals surface area contributed by atoms with Crippen LogP contribution in [0.2, 0.25) is 5.02 Å². The minimum Gasteiger partial charge on any atom is -0.305 e. The highest BCUT2D eigenvalue weighted by molar-refractivity contribution is 6.34. The molecule has 66 valence electrons. The summed E-state index contributed by atoms with van der Waals surface area (Å²) in [5, 5.41) is 0.521. The lowest BCUT2D eigenvalue weighted by Crippen LogP contribution is -2.22. The van der Waals surface area contributed by atoms with E-state index in [1.165, 1.54) is 12.4 Å². The summed E-state index contributed by atoms with van der Waals surface area (Å²) in [6.45, 7) is 0. The number of rotatable bonds is 0. The van der Waals surface area contributed by atoms with E-state index >= 15 is 0 Å². The van der Waals surface area contributed by atoms with Gasteiger partial charge in [-0.1, -0.05) is 11.6 Å². The molecule has 5 nitrogen and oxygen atoms in total. The topological polar surface area (TPSA) is 78.6 Å². The Labute approximate surface area is 76.4 Å². The Morgan fingerprint density at radius 3 is 2.77 bits per heavy atom. The van der Waals surface area contributed by atoms with Crippen LogP contribution < -0.4 is 11.2 Å². The SMILES string of the molecule is O=c1[nH]c(=O)c2cncc(Cl)c2[nH]1. The van der Waals surface area contributed by atoms with Gasteiger partial charge in [0.2, 0.25) is 0 Å². The maximum Gasteiger partial charge on any atom is 0.326 e. The molecule has 0 spiro atoms. The molecule has 0 saturated carbocycles. The van der Waals surface area contributed by atoms with Crippen molar-refractivity contribution >= 4 is 22.5 Å². The summed E-state index contributed by atoms with van der Waals surface area (Å²) in [6.07, 6.45) is 2.70. The number of H-pyrrole nitrogens is 2. The Bertz CT molecular complexity index is 572. The minimum absolute atomic E-state index is 0.251. The van der Waals surface area contributed by atoms with E-state index in [-0.39, 0.29) is 10.4 Å². The molecule has 0 fully saturated rings. The van der Waals surface area contributed by atoms with E-state index in [1.807, 2.05) is 0 Å². The standard InChI is InChI=1S/C7H4ClN3O2/c8-4-2-9-1-3-5(4)10-7(13)11-6(3)12/h1-2H,(H2,10,11,12,13). The predicted octanol–water partition coefficient (Wildman–Crippen LogP) is 0.265. The number of nitrogens with one attached hydrogen (secondary N) is 2. The van der Waals surface area contributed by atoms with Gasteiger partial charge in [-0.25, -0.2) is 4.79 Å². The molecule has 0 aliphatic rings. The van der Waals surface area contributed by atoms with E-state index < -0.39 is 11.2 Å². The maximum absolute atomic E-state index is 11.2. The predicted molar refractivity (Wildman–Crippen MR) is 48.0 cm³/mol. The molecule has 2 N–H and O–H groups in total. The van der Waals surface area contributed by atoms with Gasteiger partial charge in [0.05, 0.1) is 15.9 Å². The van der Waals surface area contributed by atoms with Gasteiger partial charge in [-0.05, 0) is 0 Å². The van der Waals surface area contributed by atoms with Gasteiger partial charge < -0.3 is 4.98 Å². The third kappa shape index (κ3) is 1.23. The first-order valence-corrected chi connectivity index (χ1v) is 3.82.